The van der Waals surface area contributed by atoms with E-state index in [0.717, 1.165) is 22.4 Å². The Morgan fingerprint density at radius 3 is 2.67 bits per heavy atom. The van der Waals surface area contributed by atoms with Crippen molar-refractivity contribution in [2.45, 2.75) is 26.9 Å². The molecule has 3 rings (SSSR count). The van der Waals surface area contributed by atoms with E-state index in [2.05, 4.69) is 9.88 Å². The van der Waals surface area contributed by atoms with Crippen molar-refractivity contribution in [2.24, 2.45) is 0 Å². The van der Waals surface area contributed by atoms with E-state index in [-0.39, 0.29) is 24.5 Å². The number of carbonyl (C=O) groups is 2. The minimum atomic E-state index is -3.26. The van der Waals surface area contributed by atoms with Crippen LogP contribution in [0.15, 0.2) is 40.9 Å². The van der Waals surface area contributed by atoms with E-state index in [1.807, 2.05) is 6.92 Å². The van der Waals surface area contributed by atoms with Gasteiger partial charge in [-0.1, -0.05) is 11.2 Å². The largest absolute Gasteiger partial charge is 0.489 e. The van der Waals surface area contributed by atoms with Crippen LogP contribution >= 0.6 is 11.3 Å². The zero-order chi connectivity index (χ0) is 24.0. The van der Waals surface area contributed by atoms with E-state index >= 15 is 0 Å². The van der Waals surface area contributed by atoms with E-state index in [1.165, 1.54) is 11.3 Å². The Hall–Kier alpha value is -3.02. The van der Waals surface area contributed by atoms with Gasteiger partial charge in [0, 0.05) is 11.4 Å². The number of thiophene rings is 1. The molecule has 3 aromatic rings. The van der Waals surface area contributed by atoms with Crippen molar-refractivity contribution >= 4 is 33.1 Å². The number of sulfonamides is 1. The summed E-state index contributed by atoms with van der Waals surface area (Å²) in [5, 5.41) is 3.88. The fourth-order valence-corrected chi connectivity index (χ4v) is 4.29. The number of hydrogen-bond acceptors (Lipinski definition) is 9. The number of rotatable bonds is 11. The molecule has 1 aromatic carbocycles. The Labute approximate surface area is 195 Å². The summed E-state index contributed by atoms with van der Waals surface area (Å²) >= 11 is 1.24. The third-order valence-corrected chi connectivity index (χ3v) is 6.56. The van der Waals surface area contributed by atoms with Crippen LogP contribution in [-0.2, 0) is 27.8 Å². The van der Waals surface area contributed by atoms with Crippen LogP contribution in [0.2, 0.25) is 0 Å². The molecule has 33 heavy (non-hydrogen) atoms. The Kier molecular flexibility index (Phi) is 8.01. The summed E-state index contributed by atoms with van der Waals surface area (Å²) in [4.78, 5) is 26.1. The van der Waals surface area contributed by atoms with Crippen LogP contribution in [-0.4, -0.2) is 44.7 Å². The number of esters is 1. The zero-order valence-electron chi connectivity index (χ0n) is 18.4. The topological polar surface area (TPSA) is 125 Å². The molecule has 176 valence electrons. The van der Waals surface area contributed by atoms with Crippen LogP contribution in [0.1, 0.15) is 41.9 Å². The predicted octanol–water partition coefficient (Wildman–Crippen LogP) is 3.06. The number of ether oxygens (including phenoxy) is 2. The van der Waals surface area contributed by atoms with Crippen molar-refractivity contribution in [2.75, 3.05) is 19.4 Å². The number of aromatic nitrogens is 1. The maximum atomic E-state index is 12.4. The fourth-order valence-electron chi connectivity index (χ4n) is 2.88. The van der Waals surface area contributed by atoms with Gasteiger partial charge in [-0.15, -0.1) is 11.3 Å². The molecule has 1 N–H and O–H groups in total. The van der Waals surface area contributed by atoms with Crippen molar-refractivity contribution in [1.82, 2.24) is 9.88 Å². The van der Waals surface area contributed by atoms with Crippen molar-refractivity contribution in [3.05, 3.63) is 68.7 Å². The summed E-state index contributed by atoms with van der Waals surface area (Å²) < 4.78 is 40.6. The molecule has 0 atom stereocenters. The van der Waals surface area contributed by atoms with E-state index in [9.17, 15) is 18.0 Å². The van der Waals surface area contributed by atoms with Crippen molar-refractivity contribution < 1.29 is 32.0 Å². The van der Waals surface area contributed by atoms with Gasteiger partial charge in [0.1, 0.15) is 18.1 Å². The van der Waals surface area contributed by atoms with Gasteiger partial charge in [-0.3, -0.25) is 4.79 Å². The number of hydrogen-bond donors (Lipinski definition) is 1. The summed E-state index contributed by atoms with van der Waals surface area (Å²) in [5.74, 6) is 0.174. The first-order valence-electron chi connectivity index (χ1n) is 10.0. The summed E-state index contributed by atoms with van der Waals surface area (Å²) in [6.45, 7) is 3.72. The van der Waals surface area contributed by atoms with Gasteiger partial charge in [0.25, 0.3) is 0 Å². The van der Waals surface area contributed by atoms with Crippen molar-refractivity contribution in [3.63, 3.8) is 0 Å². The lowest BCUT2D eigenvalue weighted by molar-refractivity contribution is 0.0475. The normalized spacial score (nSPS) is 11.4. The van der Waals surface area contributed by atoms with Gasteiger partial charge in [0.15, 0.2) is 6.61 Å². The third kappa shape index (κ3) is 7.24. The molecule has 0 fully saturated rings. The molecule has 2 aromatic heterocycles. The van der Waals surface area contributed by atoms with Crippen molar-refractivity contribution in [3.8, 4) is 5.75 Å². The second-order valence-corrected chi connectivity index (χ2v) is 10.3. The lowest BCUT2D eigenvalue weighted by Gasteiger charge is -2.08. The van der Waals surface area contributed by atoms with Gasteiger partial charge in [0.05, 0.1) is 28.0 Å². The summed E-state index contributed by atoms with van der Waals surface area (Å²) in [7, 11) is -3.26. The number of carbonyl (C=O) groups excluding carboxylic acids is 2. The second-order valence-electron chi connectivity index (χ2n) is 7.30. The van der Waals surface area contributed by atoms with Gasteiger partial charge < -0.3 is 14.0 Å². The highest BCUT2D eigenvalue weighted by atomic mass is 32.2. The van der Waals surface area contributed by atoms with E-state index < -0.39 is 22.6 Å². The van der Waals surface area contributed by atoms with E-state index in [1.54, 1.807) is 43.3 Å². The summed E-state index contributed by atoms with van der Waals surface area (Å²) in [6.07, 6.45) is 1.55. The predicted molar refractivity (Wildman–Crippen MR) is 122 cm³/mol. The van der Waals surface area contributed by atoms with Crippen LogP contribution in [0, 0.1) is 13.8 Å². The second kappa shape index (κ2) is 10.7. The average molecular weight is 493 g/mol. The van der Waals surface area contributed by atoms with Gasteiger partial charge in [-0.25, -0.2) is 17.9 Å². The van der Waals surface area contributed by atoms with Gasteiger partial charge >= 0.3 is 5.97 Å². The number of aryl methyl sites for hydroxylation is 2. The number of ketones is 1. The molecule has 0 aliphatic rings. The average Bonchev–Trinajstić information content (AvgIpc) is 3.36. The van der Waals surface area contributed by atoms with E-state index in [4.69, 9.17) is 14.0 Å². The summed E-state index contributed by atoms with van der Waals surface area (Å²) in [6, 6.07) is 9.89. The van der Waals surface area contributed by atoms with Crippen LogP contribution < -0.4 is 9.46 Å². The van der Waals surface area contributed by atoms with Crippen LogP contribution in [0.4, 0.5) is 0 Å². The molecule has 0 amide bonds. The summed E-state index contributed by atoms with van der Waals surface area (Å²) in [5.41, 5.74) is 1.85. The molecule has 0 aliphatic heterocycles. The lowest BCUT2D eigenvalue weighted by atomic mass is 10.2. The SMILES string of the molecule is Cc1noc(C)c1COc1cccc(C(=O)OCC(=O)c2ccc(CCNS(C)(=O)=O)s2)c1. The molecule has 2 heterocycles. The molecule has 0 radical (unpaired) electrons. The van der Waals surface area contributed by atoms with Crippen molar-refractivity contribution in [1.29, 1.82) is 0 Å². The monoisotopic (exact) mass is 492 g/mol. The first-order valence-corrected chi connectivity index (χ1v) is 12.7. The number of benzene rings is 1. The molecule has 9 nitrogen and oxygen atoms in total. The Balaban J connectivity index is 1.51. The van der Waals surface area contributed by atoms with Crippen LogP contribution in [0.5, 0.6) is 5.75 Å². The third-order valence-electron chi connectivity index (χ3n) is 4.64. The molecule has 0 bridgehead atoms. The Bertz CT molecular complexity index is 1230. The standard InChI is InChI=1S/C22H24N2O7S2/c1-14-19(15(2)31-24-14)12-29-17-6-4-5-16(11-17)22(26)30-13-20(25)21-8-7-18(32-21)9-10-23-33(3,27)28/h4-8,11,23H,9-10,12-13H2,1-3H3. The lowest BCUT2D eigenvalue weighted by Crippen LogP contribution is -2.24. The zero-order valence-corrected chi connectivity index (χ0v) is 20.0. The maximum absolute atomic E-state index is 12.4. The smallest absolute Gasteiger partial charge is 0.338 e. The minimum Gasteiger partial charge on any atom is -0.489 e. The van der Waals surface area contributed by atoms with E-state index in [0.29, 0.717) is 22.8 Å². The number of nitrogens with one attached hydrogen (secondary N) is 1. The fraction of sp³-hybridized carbons (Fsp3) is 0.318. The maximum Gasteiger partial charge on any atom is 0.338 e. The van der Waals surface area contributed by atoms with Crippen LogP contribution in [0.25, 0.3) is 0 Å². The number of nitrogens with zero attached hydrogens (tertiary/aromatic N) is 1. The Morgan fingerprint density at radius 1 is 1.18 bits per heavy atom. The quantitative estimate of drug-likeness (QED) is 0.320. The molecular weight excluding hydrogens is 468 g/mol. The number of Topliss-reactive ketones (excluding diaryl/α,β-unsaturated/α-hetero) is 1. The first kappa shape index (κ1) is 24.6. The van der Waals surface area contributed by atoms with Crippen LogP contribution in [0.3, 0.4) is 0 Å². The molecular formula is C22H24N2O7S2. The molecule has 0 spiro atoms. The molecule has 0 saturated heterocycles. The highest BCUT2D eigenvalue weighted by molar-refractivity contribution is 7.88. The minimum absolute atomic E-state index is 0.247. The molecule has 0 saturated carbocycles. The Morgan fingerprint density at radius 2 is 1.97 bits per heavy atom. The van der Waals surface area contributed by atoms with Gasteiger partial charge in [0.2, 0.25) is 15.8 Å². The molecule has 0 aliphatic carbocycles. The van der Waals surface area contributed by atoms with Gasteiger partial charge in [-0.2, -0.15) is 0 Å². The molecule has 11 heteroatoms. The van der Waals surface area contributed by atoms with Gasteiger partial charge in [-0.05, 0) is 50.6 Å². The first-order chi connectivity index (χ1) is 15.6. The molecule has 0 unspecified atom stereocenters. The highest BCUT2D eigenvalue weighted by Crippen LogP contribution is 2.20. The highest BCUT2D eigenvalue weighted by Gasteiger charge is 2.15.